The highest BCUT2D eigenvalue weighted by molar-refractivity contribution is 7.89. The van der Waals surface area contributed by atoms with E-state index in [1.165, 1.54) is 23.5 Å². The lowest BCUT2D eigenvalue weighted by molar-refractivity contribution is -0.274. The quantitative estimate of drug-likeness (QED) is 0.548. The molecule has 0 aliphatic carbocycles. The standard InChI is InChI=1S/C25H27F3N4O5S/c1-16-6-7-19(22(33)29-2)14-17(16)8-13-38(35,36)32-11-9-24(10-12-32)23(34)30-21(31-24)18-4-3-5-20(15-18)37-25(26,27)28/h3-7,14-15H,8-13H2,1-2H3,(H,29,33)(H,30,31,34). The molecule has 2 amide bonds. The molecule has 38 heavy (non-hydrogen) atoms. The van der Waals surface area contributed by atoms with Crippen molar-refractivity contribution in [2.24, 2.45) is 4.99 Å². The molecule has 0 unspecified atom stereocenters. The predicted octanol–water partition coefficient (Wildman–Crippen LogP) is 2.54. The zero-order valence-corrected chi connectivity index (χ0v) is 21.6. The summed E-state index contributed by atoms with van der Waals surface area (Å²) >= 11 is 0. The summed E-state index contributed by atoms with van der Waals surface area (Å²) in [6, 6.07) is 10.3. The van der Waals surface area contributed by atoms with Crippen molar-refractivity contribution in [3.8, 4) is 5.75 Å². The number of hydrogen-bond donors (Lipinski definition) is 2. The van der Waals surface area contributed by atoms with E-state index in [1.807, 2.05) is 6.92 Å². The van der Waals surface area contributed by atoms with Crippen molar-refractivity contribution < 1.29 is 35.9 Å². The number of rotatable bonds is 7. The summed E-state index contributed by atoms with van der Waals surface area (Å²) in [5, 5.41) is 5.16. The van der Waals surface area contributed by atoms with Crippen LogP contribution in [0.1, 0.15) is 39.9 Å². The smallest absolute Gasteiger partial charge is 0.406 e. The first-order valence-corrected chi connectivity index (χ1v) is 13.5. The number of nitrogens with one attached hydrogen (secondary N) is 2. The second-order valence-corrected chi connectivity index (χ2v) is 11.3. The van der Waals surface area contributed by atoms with E-state index in [9.17, 15) is 31.2 Å². The molecule has 2 aromatic carbocycles. The van der Waals surface area contributed by atoms with Gasteiger partial charge in [-0.15, -0.1) is 13.2 Å². The fourth-order valence-electron chi connectivity index (χ4n) is 4.56. The highest BCUT2D eigenvalue weighted by Gasteiger charge is 2.47. The second kappa shape index (κ2) is 10.4. The molecule has 9 nitrogen and oxygen atoms in total. The molecule has 2 N–H and O–H groups in total. The van der Waals surface area contributed by atoms with E-state index >= 15 is 0 Å². The van der Waals surface area contributed by atoms with Crippen LogP contribution in [0.15, 0.2) is 47.5 Å². The Hall–Kier alpha value is -3.45. The molecule has 204 valence electrons. The predicted molar refractivity (Wildman–Crippen MR) is 133 cm³/mol. The molecule has 0 atom stereocenters. The van der Waals surface area contributed by atoms with E-state index in [2.05, 4.69) is 20.4 Å². The molecular weight excluding hydrogens is 525 g/mol. The van der Waals surface area contributed by atoms with E-state index in [0.29, 0.717) is 5.56 Å². The van der Waals surface area contributed by atoms with Crippen LogP contribution in [0, 0.1) is 6.92 Å². The molecule has 2 aliphatic rings. The van der Waals surface area contributed by atoms with Crippen molar-refractivity contribution in [2.45, 2.75) is 38.1 Å². The summed E-state index contributed by atoms with van der Waals surface area (Å²) in [6.45, 7) is 1.99. The van der Waals surface area contributed by atoms with Crippen LogP contribution in [-0.4, -0.2) is 68.2 Å². The highest BCUT2D eigenvalue weighted by Crippen LogP contribution is 2.33. The number of halogens is 3. The average molecular weight is 553 g/mol. The van der Waals surface area contributed by atoms with E-state index in [4.69, 9.17) is 0 Å². The maximum absolute atomic E-state index is 13.1. The Morgan fingerprint density at radius 3 is 2.55 bits per heavy atom. The van der Waals surface area contributed by atoms with Crippen molar-refractivity contribution >= 4 is 27.7 Å². The lowest BCUT2D eigenvalue weighted by atomic mass is 9.89. The Morgan fingerprint density at radius 1 is 1.18 bits per heavy atom. The van der Waals surface area contributed by atoms with Crippen LogP contribution in [0.25, 0.3) is 0 Å². The van der Waals surface area contributed by atoms with Crippen molar-refractivity contribution in [1.29, 1.82) is 0 Å². The average Bonchev–Trinajstić information content (AvgIpc) is 3.17. The molecular formula is C25H27F3N4O5S. The molecule has 4 rings (SSSR count). The number of hydrogen-bond acceptors (Lipinski definition) is 6. The number of amidine groups is 1. The van der Waals surface area contributed by atoms with Gasteiger partial charge in [0, 0.05) is 31.3 Å². The maximum Gasteiger partial charge on any atom is 0.573 e. The summed E-state index contributed by atoms with van der Waals surface area (Å²) in [7, 11) is -2.14. The van der Waals surface area contributed by atoms with Crippen LogP contribution >= 0.6 is 0 Å². The van der Waals surface area contributed by atoms with Gasteiger partial charge in [0.15, 0.2) is 0 Å². The zero-order chi connectivity index (χ0) is 27.7. The van der Waals surface area contributed by atoms with Crippen molar-refractivity contribution in [1.82, 2.24) is 14.9 Å². The number of ether oxygens (including phenoxy) is 1. The van der Waals surface area contributed by atoms with Crippen LogP contribution < -0.4 is 15.4 Å². The summed E-state index contributed by atoms with van der Waals surface area (Å²) < 4.78 is 69.1. The molecule has 13 heteroatoms. The van der Waals surface area contributed by atoms with Gasteiger partial charge in [-0.3, -0.25) is 14.6 Å². The first-order chi connectivity index (χ1) is 17.8. The Morgan fingerprint density at radius 2 is 1.89 bits per heavy atom. The molecule has 2 heterocycles. The lowest BCUT2D eigenvalue weighted by Gasteiger charge is -2.34. The number of carbonyl (C=O) groups excluding carboxylic acids is 2. The third-order valence-electron chi connectivity index (χ3n) is 6.73. The zero-order valence-electron chi connectivity index (χ0n) is 20.8. The monoisotopic (exact) mass is 552 g/mol. The van der Waals surface area contributed by atoms with Crippen molar-refractivity contribution in [3.63, 3.8) is 0 Å². The number of benzene rings is 2. The maximum atomic E-state index is 13.1. The third-order valence-corrected chi connectivity index (χ3v) is 8.60. The number of nitrogens with zero attached hydrogens (tertiary/aromatic N) is 2. The van der Waals surface area contributed by atoms with E-state index in [0.717, 1.165) is 23.3 Å². The fourth-order valence-corrected chi connectivity index (χ4v) is 6.04. The first-order valence-electron chi connectivity index (χ1n) is 11.9. The minimum absolute atomic E-state index is 0.0705. The van der Waals surface area contributed by atoms with Gasteiger partial charge in [-0.2, -0.15) is 0 Å². The summed E-state index contributed by atoms with van der Waals surface area (Å²) in [6.07, 6.45) is -4.37. The molecule has 0 aromatic heterocycles. The molecule has 1 saturated heterocycles. The van der Waals surface area contributed by atoms with Crippen LogP contribution in [0.2, 0.25) is 0 Å². The third kappa shape index (κ3) is 5.99. The van der Waals surface area contributed by atoms with Gasteiger partial charge in [0.05, 0.1) is 5.75 Å². The van der Waals surface area contributed by atoms with Crippen molar-refractivity contribution in [2.75, 3.05) is 25.9 Å². The molecule has 0 bridgehead atoms. The number of aryl methyl sites for hydroxylation is 2. The van der Waals surface area contributed by atoms with Crippen molar-refractivity contribution in [3.05, 3.63) is 64.7 Å². The summed E-state index contributed by atoms with van der Waals surface area (Å²) in [4.78, 5) is 29.2. The lowest BCUT2D eigenvalue weighted by Crippen LogP contribution is -2.50. The minimum atomic E-state index is -4.86. The Labute approximate surface area is 218 Å². The molecule has 2 aliphatic heterocycles. The van der Waals surface area contributed by atoms with Crippen LogP contribution in [0.3, 0.4) is 0 Å². The van der Waals surface area contributed by atoms with Gasteiger partial charge in [-0.25, -0.2) is 12.7 Å². The topological polar surface area (TPSA) is 117 Å². The number of piperidine rings is 1. The highest BCUT2D eigenvalue weighted by atomic mass is 32.2. The Balaban J connectivity index is 1.43. The van der Waals surface area contributed by atoms with E-state index in [-0.39, 0.29) is 55.4 Å². The SMILES string of the molecule is CNC(=O)c1ccc(C)c(CCS(=O)(=O)N2CCC3(CC2)N=C(c2cccc(OC(F)(F)F)c2)NC3=O)c1. The number of alkyl halides is 3. The number of aliphatic imine (C=N–C) groups is 1. The number of carbonyl (C=O) groups is 2. The molecule has 1 spiro atoms. The Kier molecular flexibility index (Phi) is 7.53. The van der Waals surface area contributed by atoms with Crippen LogP contribution in [-0.2, 0) is 21.2 Å². The van der Waals surface area contributed by atoms with Crippen LogP contribution in [0.4, 0.5) is 13.2 Å². The first kappa shape index (κ1) is 27.6. The normalized spacial score (nSPS) is 17.7. The molecule has 0 saturated carbocycles. The molecule has 1 fully saturated rings. The van der Waals surface area contributed by atoms with E-state index < -0.39 is 33.6 Å². The van der Waals surface area contributed by atoms with Gasteiger partial charge in [0.2, 0.25) is 10.0 Å². The minimum Gasteiger partial charge on any atom is -0.406 e. The molecule has 2 aromatic rings. The fraction of sp³-hybridized carbons (Fsp3) is 0.400. The largest absolute Gasteiger partial charge is 0.573 e. The van der Waals surface area contributed by atoms with Gasteiger partial charge in [0.25, 0.3) is 11.8 Å². The van der Waals surface area contributed by atoms with Gasteiger partial charge in [0.1, 0.15) is 17.1 Å². The van der Waals surface area contributed by atoms with Gasteiger partial charge >= 0.3 is 6.36 Å². The van der Waals surface area contributed by atoms with Gasteiger partial charge < -0.3 is 15.4 Å². The summed E-state index contributed by atoms with van der Waals surface area (Å²) in [5.41, 5.74) is 1.13. The second-order valence-electron chi connectivity index (χ2n) is 9.21. The Bertz CT molecular complexity index is 1380. The molecule has 0 radical (unpaired) electrons. The van der Waals surface area contributed by atoms with Crippen LogP contribution in [0.5, 0.6) is 5.75 Å². The summed E-state index contributed by atoms with van der Waals surface area (Å²) in [5.74, 6) is -1.17. The van der Waals surface area contributed by atoms with Gasteiger partial charge in [-0.05, 0) is 61.6 Å². The van der Waals surface area contributed by atoms with Gasteiger partial charge in [-0.1, -0.05) is 18.2 Å². The number of sulfonamides is 1. The number of amides is 2. The van der Waals surface area contributed by atoms with E-state index in [1.54, 1.807) is 18.2 Å².